The van der Waals surface area contributed by atoms with E-state index in [0.29, 0.717) is 5.69 Å². The van der Waals surface area contributed by atoms with Gasteiger partial charge in [0.15, 0.2) is 0 Å². The van der Waals surface area contributed by atoms with Gasteiger partial charge in [0, 0.05) is 24.9 Å². The van der Waals surface area contributed by atoms with E-state index >= 15 is 0 Å². The molecule has 8 N–H and O–H groups in total. The van der Waals surface area contributed by atoms with Crippen molar-refractivity contribution in [1.29, 1.82) is 0 Å². The third-order valence-electron chi connectivity index (χ3n) is 5.89. The highest BCUT2D eigenvalue weighted by Gasteiger charge is 2.49. The van der Waals surface area contributed by atoms with Crippen LogP contribution in [-0.2, 0) is 16.0 Å². The van der Waals surface area contributed by atoms with Gasteiger partial charge in [0.25, 0.3) is 5.91 Å². The fraction of sp³-hybridized carbons (Fsp3) is 0.375. The zero-order chi connectivity index (χ0) is 24.9. The highest BCUT2D eigenvalue weighted by Crippen LogP contribution is 2.30. The number of urea groups is 1. The molecule has 0 spiro atoms. The highest BCUT2D eigenvalue weighted by molar-refractivity contribution is 5.92. The van der Waals surface area contributed by atoms with Crippen LogP contribution in [0.5, 0.6) is 0 Å². The molecule has 0 heterocycles. The van der Waals surface area contributed by atoms with Crippen molar-refractivity contribution in [1.82, 2.24) is 10.6 Å². The number of benzene rings is 2. The summed E-state index contributed by atoms with van der Waals surface area (Å²) >= 11 is 0. The zero-order valence-electron chi connectivity index (χ0n) is 18.8. The average Bonchev–Trinajstić information content (AvgIpc) is 2.79. The molecule has 10 nitrogen and oxygen atoms in total. The van der Waals surface area contributed by atoms with E-state index < -0.39 is 54.2 Å². The highest BCUT2D eigenvalue weighted by atomic mass is 16.3. The minimum atomic E-state index is -2.15. The summed E-state index contributed by atoms with van der Waals surface area (Å²) in [6.45, 7) is 1.90. The van der Waals surface area contributed by atoms with Crippen molar-refractivity contribution >= 4 is 23.5 Å². The molecule has 0 saturated heterocycles. The van der Waals surface area contributed by atoms with Gasteiger partial charge in [-0.05, 0) is 24.6 Å². The molecule has 1 aliphatic carbocycles. The molecule has 4 amide bonds. The number of nitrogens with one attached hydrogen (secondary N) is 3. The number of nitrogens with two attached hydrogens (primary N) is 1. The number of rotatable bonds is 7. The Bertz CT molecular complexity index is 1020. The maximum atomic E-state index is 12.9. The standard InChI is InChI=1S/C24H30N4O6/c1-14-7-9-16(10-8-14)26-23(33)28-18-12-24(34,13-19(29)20(18)30)22(32)27-17(21(25)31)11-15-5-3-2-4-6-15/h2-10,17-20,29-30,34H,11-13H2,1H3,(H2,25,31)(H,27,32)(H2,26,28,33)/t17-,18-,19-,20-,24+/m1/s1. The molecule has 0 aliphatic heterocycles. The normalized spacial score (nSPS) is 25.1. The van der Waals surface area contributed by atoms with Gasteiger partial charge in [-0.3, -0.25) is 9.59 Å². The third kappa shape index (κ3) is 6.31. The number of hydrogen-bond donors (Lipinski definition) is 7. The summed E-state index contributed by atoms with van der Waals surface area (Å²) < 4.78 is 0. The number of anilines is 1. The molecule has 0 aromatic heterocycles. The lowest BCUT2D eigenvalue weighted by Crippen LogP contribution is -2.64. The molecular formula is C24H30N4O6. The van der Waals surface area contributed by atoms with Crippen molar-refractivity contribution in [3.8, 4) is 0 Å². The summed E-state index contributed by atoms with van der Waals surface area (Å²) in [5.74, 6) is -1.71. The van der Waals surface area contributed by atoms with Gasteiger partial charge in [0.1, 0.15) is 17.7 Å². The molecular weight excluding hydrogens is 440 g/mol. The summed E-state index contributed by atoms with van der Waals surface area (Å²) in [5.41, 5.74) is 5.56. The number of aryl methyl sites for hydroxylation is 1. The maximum Gasteiger partial charge on any atom is 0.319 e. The molecule has 34 heavy (non-hydrogen) atoms. The molecule has 1 aliphatic rings. The van der Waals surface area contributed by atoms with Crippen molar-refractivity contribution in [2.45, 2.75) is 56.1 Å². The molecule has 3 rings (SSSR count). The average molecular weight is 471 g/mol. The first-order chi connectivity index (χ1) is 16.1. The molecule has 2 aromatic carbocycles. The van der Waals surface area contributed by atoms with E-state index in [4.69, 9.17) is 5.73 Å². The zero-order valence-corrected chi connectivity index (χ0v) is 18.8. The number of aliphatic hydroxyl groups excluding tert-OH is 2. The lowest BCUT2D eigenvalue weighted by molar-refractivity contribution is -0.158. The van der Waals surface area contributed by atoms with Crippen molar-refractivity contribution < 1.29 is 29.7 Å². The van der Waals surface area contributed by atoms with Crippen LogP contribution in [0.15, 0.2) is 54.6 Å². The summed E-state index contributed by atoms with van der Waals surface area (Å²) in [7, 11) is 0. The van der Waals surface area contributed by atoms with Gasteiger partial charge in [-0.1, -0.05) is 48.0 Å². The van der Waals surface area contributed by atoms with Gasteiger partial charge in [-0.15, -0.1) is 0 Å². The Kier molecular flexibility index (Phi) is 7.87. The topological polar surface area (TPSA) is 174 Å². The lowest BCUT2D eigenvalue weighted by atomic mass is 9.77. The number of carbonyl (C=O) groups excluding carboxylic acids is 3. The van der Waals surface area contributed by atoms with Crippen molar-refractivity contribution in [2.75, 3.05) is 5.32 Å². The fourth-order valence-corrected chi connectivity index (χ4v) is 3.96. The van der Waals surface area contributed by atoms with Crippen LogP contribution in [0.1, 0.15) is 24.0 Å². The number of hydrogen-bond acceptors (Lipinski definition) is 6. The van der Waals surface area contributed by atoms with E-state index in [-0.39, 0.29) is 12.8 Å². The Hall–Kier alpha value is -3.47. The maximum absolute atomic E-state index is 12.9. The molecule has 182 valence electrons. The van der Waals surface area contributed by atoms with Crippen LogP contribution in [0.2, 0.25) is 0 Å². The molecule has 0 unspecified atom stereocenters. The van der Waals surface area contributed by atoms with Crippen molar-refractivity contribution in [2.24, 2.45) is 5.73 Å². The van der Waals surface area contributed by atoms with Crippen molar-refractivity contribution in [3.63, 3.8) is 0 Å². The SMILES string of the molecule is Cc1ccc(NC(=O)N[C@@H]2C[C@@](O)(C(=O)N[C@H](Cc3ccccc3)C(N)=O)C[C@@H](O)[C@@H]2O)cc1. The van der Waals surface area contributed by atoms with Crippen LogP contribution in [0.3, 0.4) is 0 Å². The first-order valence-electron chi connectivity index (χ1n) is 10.9. The Balaban J connectivity index is 1.67. The second-order valence-electron chi connectivity index (χ2n) is 8.69. The second kappa shape index (κ2) is 10.6. The lowest BCUT2D eigenvalue weighted by Gasteiger charge is -2.41. The van der Waals surface area contributed by atoms with Gasteiger partial charge < -0.3 is 37.0 Å². The molecule has 5 atom stereocenters. The molecule has 1 saturated carbocycles. The van der Waals surface area contributed by atoms with E-state index in [1.165, 1.54) is 0 Å². The Labute approximate surface area is 197 Å². The smallest absolute Gasteiger partial charge is 0.319 e. The van der Waals surface area contributed by atoms with Gasteiger partial charge in [-0.2, -0.15) is 0 Å². The molecule has 0 bridgehead atoms. The summed E-state index contributed by atoms with van der Waals surface area (Å²) in [4.78, 5) is 37.3. The van der Waals surface area contributed by atoms with Gasteiger partial charge in [0.2, 0.25) is 5.91 Å². The first kappa shape index (κ1) is 25.2. The molecule has 1 fully saturated rings. The van der Waals surface area contributed by atoms with Crippen LogP contribution < -0.4 is 21.7 Å². The quantitative estimate of drug-likeness (QED) is 0.298. The number of primary amides is 1. The summed E-state index contributed by atoms with van der Waals surface area (Å²) in [5, 5.41) is 39.2. The summed E-state index contributed by atoms with van der Waals surface area (Å²) in [6.07, 6.45) is -3.64. The van der Waals surface area contributed by atoms with Crippen LogP contribution in [0.25, 0.3) is 0 Å². The van der Waals surface area contributed by atoms with E-state index in [9.17, 15) is 29.7 Å². The van der Waals surface area contributed by atoms with E-state index in [2.05, 4.69) is 16.0 Å². The predicted octanol–water partition coefficient (Wildman–Crippen LogP) is -0.0554. The van der Waals surface area contributed by atoms with E-state index in [1.807, 2.05) is 19.1 Å². The first-order valence-corrected chi connectivity index (χ1v) is 10.9. The van der Waals surface area contributed by atoms with Crippen LogP contribution >= 0.6 is 0 Å². The number of amides is 4. The Morgan fingerprint density at radius 2 is 1.71 bits per heavy atom. The molecule has 0 radical (unpaired) electrons. The second-order valence-corrected chi connectivity index (χ2v) is 8.69. The van der Waals surface area contributed by atoms with Crippen LogP contribution in [-0.4, -0.2) is 63.1 Å². The fourth-order valence-electron chi connectivity index (χ4n) is 3.96. The van der Waals surface area contributed by atoms with Crippen LogP contribution in [0, 0.1) is 6.92 Å². The monoisotopic (exact) mass is 470 g/mol. The van der Waals surface area contributed by atoms with Gasteiger partial charge >= 0.3 is 6.03 Å². The van der Waals surface area contributed by atoms with Gasteiger partial charge in [-0.25, -0.2) is 4.79 Å². The number of carbonyl (C=O) groups is 3. The van der Waals surface area contributed by atoms with E-state index in [1.54, 1.807) is 42.5 Å². The third-order valence-corrected chi connectivity index (χ3v) is 5.89. The van der Waals surface area contributed by atoms with Gasteiger partial charge in [0.05, 0.1) is 12.1 Å². The predicted molar refractivity (Wildman–Crippen MR) is 125 cm³/mol. The Morgan fingerprint density at radius 1 is 1.06 bits per heavy atom. The Morgan fingerprint density at radius 3 is 2.32 bits per heavy atom. The molecule has 10 heteroatoms. The van der Waals surface area contributed by atoms with Crippen molar-refractivity contribution in [3.05, 3.63) is 65.7 Å². The number of aliphatic hydroxyl groups is 3. The molecule has 2 aromatic rings. The largest absolute Gasteiger partial charge is 0.390 e. The minimum absolute atomic E-state index is 0.115. The van der Waals surface area contributed by atoms with E-state index in [0.717, 1.165) is 11.1 Å². The minimum Gasteiger partial charge on any atom is -0.390 e. The summed E-state index contributed by atoms with van der Waals surface area (Å²) in [6, 6.07) is 13.0. The van der Waals surface area contributed by atoms with Crippen LogP contribution in [0.4, 0.5) is 10.5 Å².